The molecule has 64 valence electrons. The highest BCUT2D eigenvalue weighted by Gasteiger charge is 2.02. The molecule has 0 aliphatic rings. The van der Waals surface area contributed by atoms with Crippen LogP contribution in [0.4, 0.5) is 4.39 Å². The molecular formula is C7H7FN2OS. The van der Waals surface area contributed by atoms with E-state index in [-0.39, 0.29) is 11.3 Å². The number of aromatic nitrogens is 1. The Morgan fingerprint density at radius 3 is 3.08 bits per heavy atom. The van der Waals surface area contributed by atoms with Crippen molar-refractivity contribution in [1.82, 2.24) is 4.98 Å². The van der Waals surface area contributed by atoms with Gasteiger partial charge in [-0.15, -0.1) is 0 Å². The lowest BCUT2D eigenvalue weighted by molar-refractivity contribution is 0.580. The van der Waals surface area contributed by atoms with Gasteiger partial charge in [0.15, 0.2) is 0 Å². The zero-order chi connectivity index (χ0) is 8.97. The quantitative estimate of drug-likeness (QED) is 0.531. The van der Waals surface area contributed by atoms with E-state index < -0.39 is 12.0 Å². The van der Waals surface area contributed by atoms with Gasteiger partial charge in [-0.25, -0.2) is 9.19 Å². The molecule has 3 nitrogen and oxygen atoms in total. The molecule has 1 aromatic heterocycles. The Hall–Kier alpha value is -1.07. The minimum absolute atomic E-state index is 0.268. The minimum Gasteiger partial charge on any atom is -0.320 e. The molecule has 0 saturated heterocycles. The molecule has 0 spiro atoms. The number of nitrogens with zero attached hydrogens (tertiary/aromatic N) is 1. The van der Waals surface area contributed by atoms with Crippen molar-refractivity contribution in [2.24, 2.45) is 5.73 Å². The molecule has 0 bridgehead atoms. The van der Waals surface area contributed by atoms with Crippen LogP contribution in [-0.2, 0) is 11.3 Å². The van der Waals surface area contributed by atoms with Crippen molar-refractivity contribution in [2.75, 3.05) is 0 Å². The average molecular weight is 186 g/mol. The molecule has 0 aromatic carbocycles. The second-order valence-electron chi connectivity index (χ2n) is 2.17. The molecule has 0 radical (unpaired) electrons. The van der Waals surface area contributed by atoms with Crippen LogP contribution < -0.4 is 5.73 Å². The summed E-state index contributed by atoms with van der Waals surface area (Å²) in [6.45, 7) is 0. The van der Waals surface area contributed by atoms with Crippen LogP contribution in [0.1, 0.15) is 11.6 Å². The lowest BCUT2D eigenvalue weighted by Crippen LogP contribution is -2.11. The highest BCUT2D eigenvalue weighted by molar-refractivity contribution is 7.64. The molecule has 1 rings (SSSR count). The summed E-state index contributed by atoms with van der Waals surface area (Å²) in [6.07, 6.45) is 1.31. The van der Waals surface area contributed by atoms with E-state index in [2.05, 4.69) is 4.98 Å². The fraction of sp³-hybridized carbons (Fsp3) is 0.143. The molecule has 5 heteroatoms. The number of nitrogens with two attached hydrogens (primary N) is 1. The first-order valence-electron chi connectivity index (χ1n) is 3.23. The zero-order valence-electron chi connectivity index (χ0n) is 6.11. The Morgan fingerprint density at radius 2 is 2.50 bits per heavy atom. The molecule has 0 unspecified atom stereocenters. The fourth-order valence-corrected chi connectivity index (χ4v) is 1.04. The largest absolute Gasteiger partial charge is 0.320 e. The predicted octanol–water partition coefficient (Wildman–Crippen LogP) is 0.236. The monoisotopic (exact) mass is 186 g/mol. The van der Waals surface area contributed by atoms with Crippen molar-refractivity contribution in [3.63, 3.8) is 0 Å². The van der Waals surface area contributed by atoms with Crippen LogP contribution >= 0.6 is 0 Å². The van der Waals surface area contributed by atoms with Gasteiger partial charge in [-0.05, 0) is 17.7 Å². The Balaban J connectivity index is 2.94. The summed E-state index contributed by atoms with van der Waals surface area (Å²) < 4.78 is 22.6. The van der Waals surface area contributed by atoms with Gasteiger partial charge in [0.2, 0.25) is 5.95 Å². The van der Waals surface area contributed by atoms with E-state index in [4.69, 9.17) is 5.73 Å². The normalized spacial score (nSPS) is 12.2. The maximum atomic E-state index is 12.5. The molecule has 0 fully saturated rings. The smallest absolute Gasteiger partial charge is 0.213 e. The SMILES string of the molecule is N[C@H](C=S=O)c1ccnc(F)c1. The summed E-state index contributed by atoms with van der Waals surface area (Å²) in [4.78, 5) is 3.36. The van der Waals surface area contributed by atoms with E-state index in [1.165, 1.54) is 17.6 Å². The van der Waals surface area contributed by atoms with Gasteiger partial charge in [0.05, 0.1) is 17.3 Å². The topological polar surface area (TPSA) is 56.0 Å². The number of pyridine rings is 1. The summed E-state index contributed by atoms with van der Waals surface area (Å²) in [7, 11) is 0. The van der Waals surface area contributed by atoms with Gasteiger partial charge in [0, 0.05) is 11.6 Å². The maximum Gasteiger partial charge on any atom is 0.213 e. The number of hydrogen-bond acceptors (Lipinski definition) is 3. The van der Waals surface area contributed by atoms with Crippen molar-refractivity contribution in [2.45, 2.75) is 6.04 Å². The Labute approximate surface area is 72.5 Å². The Bertz CT molecular complexity index is 325. The van der Waals surface area contributed by atoms with E-state index in [1.807, 2.05) is 0 Å². The molecule has 0 saturated carbocycles. The molecule has 12 heavy (non-hydrogen) atoms. The van der Waals surface area contributed by atoms with Gasteiger partial charge in [-0.2, -0.15) is 4.39 Å². The van der Waals surface area contributed by atoms with Crippen molar-refractivity contribution in [1.29, 1.82) is 0 Å². The van der Waals surface area contributed by atoms with Crippen molar-refractivity contribution < 1.29 is 8.60 Å². The van der Waals surface area contributed by atoms with E-state index in [9.17, 15) is 8.60 Å². The van der Waals surface area contributed by atoms with Crippen LogP contribution in [0.5, 0.6) is 0 Å². The summed E-state index contributed by atoms with van der Waals surface area (Å²) in [6, 6.07) is 2.24. The molecule has 0 aliphatic heterocycles. The number of hydrogen-bond donors (Lipinski definition) is 1. The predicted molar refractivity (Wildman–Crippen MR) is 45.3 cm³/mol. The van der Waals surface area contributed by atoms with Crippen LogP contribution in [-0.4, -0.2) is 14.6 Å². The molecular weight excluding hydrogens is 179 g/mol. The van der Waals surface area contributed by atoms with Crippen LogP contribution in [0, 0.1) is 5.95 Å². The van der Waals surface area contributed by atoms with Gasteiger partial charge >= 0.3 is 0 Å². The molecule has 1 aromatic rings. The minimum atomic E-state index is -0.591. The average Bonchev–Trinajstić information content (AvgIpc) is 2.05. The first-order valence-corrected chi connectivity index (χ1v) is 4.03. The maximum absolute atomic E-state index is 12.5. The number of rotatable bonds is 2. The van der Waals surface area contributed by atoms with E-state index >= 15 is 0 Å². The van der Waals surface area contributed by atoms with Gasteiger partial charge < -0.3 is 5.73 Å². The lowest BCUT2D eigenvalue weighted by atomic mass is 10.1. The highest BCUT2D eigenvalue weighted by atomic mass is 32.1. The third-order valence-corrected chi connectivity index (χ3v) is 1.74. The Morgan fingerprint density at radius 1 is 1.75 bits per heavy atom. The lowest BCUT2D eigenvalue weighted by Gasteiger charge is -2.03. The zero-order valence-corrected chi connectivity index (χ0v) is 6.92. The van der Waals surface area contributed by atoms with Crippen LogP contribution in [0.3, 0.4) is 0 Å². The van der Waals surface area contributed by atoms with Gasteiger partial charge in [-0.3, -0.25) is 0 Å². The van der Waals surface area contributed by atoms with Gasteiger partial charge in [0.1, 0.15) is 0 Å². The van der Waals surface area contributed by atoms with Crippen LogP contribution in [0.2, 0.25) is 0 Å². The van der Waals surface area contributed by atoms with Crippen molar-refractivity contribution in [3.8, 4) is 0 Å². The van der Waals surface area contributed by atoms with Gasteiger partial charge in [-0.1, -0.05) is 0 Å². The Kier molecular flexibility index (Phi) is 3.07. The third kappa shape index (κ3) is 2.21. The first-order chi connectivity index (χ1) is 5.74. The third-order valence-electron chi connectivity index (χ3n) is 1.34. The molecule has 1 atom stereocenters. The van der Waals surface area contributed by atoms with E-state index in [1.54, 1.807) is 6.07 Å². The summed E-state index contributed by atoms with van der Waals surface area (Å²) in [5.74, 6) is -0.591. The number of halogens is 1. The first kappa shape index (κ1) is 9.02. The van der Waals surface area contributed by atoms with Gasteiger partial charge in [0.25, 0.3) is 0 Å². The van der Waals surface area contributed by atoms with Crippen LogP contribution in [0.15, 0.2) is 18.3 Å². The fourth-order valence-electron chi connectivity index (χ4n) is 0.763. The van der Waals surface area contributed by atoms with Crippen LogP contribution in [0.25, 0.3) is 0 Å². The molecule has 0 aliphatic carbocycles. The summed E-state index contributed by atoms with van der Waals surface area (Å²) >= 11 is 0.268. The second-order valence-corrected chi connectivity index (χ2v) is 2.63. The standard InChI is InChI=1S/C7H7FN2OS/c8-7-3-5(1-2-10-7)6(9)4-12-11/h1-4,6H,9H2/t6-/m1/s1. The van der Waals surface area contributed by atoms with Crippen molar-refractivity contribution >= 4 is 16.6 Å². The molecule has 0 amide bonds. The highest BCUT2D eigenvalue weighted by Crippen LogP contribution is 2.07. The summed E-state index contributed by atoms with van der Waals surface area (Å²) in [5, 5.41) is 1.29. The van der Waals surface area contributed by atoms with E-state index in [0.717, 1.165) is 0 Å². The molecule has 1 heterocycles. The summed E-state index contributed by atoms with van der Waals surface area (Å²) in [5.41, 5.74) is 6.05. The van der Waals surface area contributed by atoms with Crippen molar-refractivity contribution in [3.05, 3.63) is 29.8 Å². The second kappa shape index (κ2) is 4.08. The molecule has 2 N–H and O–H groups in total. The van der Waals surface area contributed by atoms with E-state index in [0.29, 0.717) is 5.56 Å².